The predicted molar refractivity (Wildman–Crippen MR) is 65.2 cm³/mol. The average molecular weight is 287 g/mol. The predicted octanol–water partition coefficient (Wildman–Crippen LogP) is 0.178. The smallest absolute Gasteiger partial charge is 0.335 e. The zero-order valence-electron chi connectivity index (χ0n) is 10.4. The number of carbonyl (C=O) groups excluding carboxylic acids is 1. The fourth-order valence-corrected chi connectivity index (χ4v) is 2.40. The molecule has 8 heteroatoms. The van der Waals surface area contributed by atoms with Crippen LogP contribution in [0.1, 0.15) is 10.4 Å². The van der Waals surface area contributed by atoms with Crippen LogP contribution in [0.2, 0.25) is 0 Å². The van der Waals surface area contributed by atoms with Crippen LogP contribution in [0.25, 0.3) is 0 Å². The molecule has 0 fully saturated rings. The van der Waals surface area contributed by atoms with E-state index >= 15 is 0 Å². The van der Waals surface area contributed by atoms with Gasteiger partial charge in [0.25, 0.3) is 0 Å². The quantitative estimate of drug-likeness (QED) is 0.775. The highest BCUT2D eigenvalue weighted by molar-refractivity contribution is 7.89. The number of hydrogen-bond donors (Lipinski definition) is 1. The van der Waals surface area contributed by atoms with E-state index in [0.717, 1.165) is 11.4 Å². The van der Waals surface area contributed by atoms with Crippen LogP contribution < -0.4 is 0 Å². The molecule has 0 radical (unpaired) electrons. The summed E-state index contributed by atoms with van der Waals surface area (Å²) in [6, 6.07) is 4.71. The summed E-state index contributed by atoms with van der Waals surface area (Å²) >= 11 is 0. The van der Waals surface area contributed by atoms with Crippen molar-refractivity contribution in [2.45, 2.75) is 4.90 Å². The van der Waals surface area contributed by atoms with E-state index in [0.29, 0.717) is 0 Å². The number of ether oxygens (including phenoxy) is 1. The van der Waals surface area contributed by atoms with Gasteiger partial charge in [0.15, 0.2) is 0 Å². The zero-order valence-corrected chi connectivity index (χ0v) is 11.2. The first-order chi connectivity index (χ1) is 8.78. The van der Waals surface area contributed by atoms with Crippen LogP contribution in [0.5, 0.6) is 0 Å². The molecule has 0 saturated heterocycles. The van der Waals surface area contributed by atoms with E-state index in [1.54, 1.807) is 0 Å². The molecule has 0 aromatic heterocycles. The summed E-state index contributed by atoms with van der Waals surface area (Å²) in [7, 11) is -1.46. The number of hydrogen-bond acceptors (Lipinski definition) is 5. The van der Waals surface area contributed by atoms with Crippen LogP contribution in [0.3, 0.4) is 0 Å². The maximum Gasteiger partial charge on any atom is 0.335 e. The average Bonchev–Trinajstić information content (AvgIpc) is 2.38. The Balaban J connectivity index is 3.00. The molecular formula is C11H13NO6S. The number of benzene rings is 1. The summed E-state index contributed by atoms with van der Waals surface area (Å²) < 4.78 is 29.3. The maximum absolute atomic E-state index is 12.0. The normalized spacial score (nSPS) is 11.3. The molecule has 0 heterocycles. The lowest BCUT2D eigenvalue weighted by molar-refractivity contribution is -0.140. The minimum absolute atomic E-state index is 0.0189. The number of likely N-dealkylation sites (N-methyl/N-ethyl adjacent to an activating group) is 1. The summed E-state index contributed by atoms with van der Waals surface area (Å²) in [4.78, 5) is 21.6. The van der Waals surface area contributed by atoms with Crippen LogP contribution in [-0.4, -0.2) is 50.5 Å². The van der Waals surface area contributed by atoms with Gasteiger partial charge >= 0.3 is 11.9 Å². The van der Waals surface area contributed by atoms with Crippen molar-refractivity contribution in [2.24, 2.45) is 0 Å². The molecule has 1 rings (SSSR count). The van der Waals surface area contributed by atoms with E-state index in [-0.39, 0.29) is 10.5 Å². The highest BCUT2D eigenvalue weighted by atomic mass is 32.2. The first-order valence-corrected chi connectivity index (χ1v) is 6.59. The van der Waals surface area contributed by atoms with Gasteiger partial charge in [0.05, 0.1) is 17.6 Å². The van der Waals surface area contributed by atoms with E-state index in [1.165, 1.54) is 31.3 Å². The number of sulfonamides is 1. The van der Waals surface area contributed by atoms with E-state index in [4.69, 9.17) is 5.11 Å². The number of nitrogens with zero attached hydrogens (tertiary/aromatic N) is 1. The maximum atomic E-state index is 12.0. The first kappa shape index (κ1) is 15.1. The van der Waals surface area contributed by atoms with E-state index in [2.05, 4.69) is 4.74 Å². The SMILES string of the molecule is COC(=O)CN(C)S(=O)(=O)c1ccc(C(=O)O)cc1. The molecule has 0 spiro atoms. The molecule has 1 N–H and O–H groups in total. The number of carboxylic acid groups (broad SMARTS) is 1. The highest BCUT2D eigenvalue weighted by Gasteiger charge is 2.23. The van der Waals surface area contributed by atoms with Crippen molar-refractivity contribution in [2.75, 3.05) is 20.7 Å². The lowest BCUT2D eigenvalue weighted by Crippen LogP contribution is -2.32. The van der Waals surface area contributed by atoms with Crippen molar-refractivity contribution < 1.29 is 27.9 Å². The summed E-state index contributed by atoms with van der Waals surface area (Å²) in [5, 5.41) is 8.72. The Hall–Kier alpha value is -1.93. The minimum atomic E-state index is -3.85. The topological polar surface area (TPSA) is 101 Å². The molecule has 0 saturated carbocycles. The Kier molecular flexibility index (Phi) is 4.62. The van der Waals surface area contributed by atoms with E-state index in [9.17, 15) is 18.0 Å². The van der Waals surface area contributed by atoms with Gasteiger partial charge in [0.1, 0.15) is 6.54 Å². The lowest BCUT2D eigenvalue weighted by Gasteiger charge is -2.15. The Morgan fingerprint density at radius 3 is 2.21 bits per heavy atom. The molecule has 0 bridgehead atoms. The van der Waals surface area contributed by atoms with Crippen LogP contribution in [0.4, 0.5) is 0 Å². The van der Waals surface area contributed by atoms with Crippen molar-refractivity contribution in [3.63, 3.8) is 0 Å². The van der Waals surface area contributed by atoms with Crippen molar-refractivity contribution in [3.05, 3.63) is 29.8 Å². The number of carboxylic acids is 1. The molecule has 7 nitrogen and oxygen atoms in total. The Morgan fingerprint density at radius 2 is 1.79 bits per heavy atom. The van der Waals surface area contributed by atoms with Gasteiger partial charge in [-0.2, -0.15) is 4.31 Å². The van der Waals surface area contributed by atoms with Crippen LogP contribution in [0.15, 0.2) is 29.2 Å². The molecule has 0 amide bonds. The van der Waals surface area contributed by atoms with Gasteiger partial charge in [0.2, 0.25) is 10.0 Å². The summed E-state index contributed by atoms with van der Waals surface area (Å²) in [6.07, 6.45) is 0. The van der Waals surface area contributed by atoms with Gasteiger partial charge in [-0.05, 0) is 24.3 Å². The standard InChI is InChI=1S/C11H13NO6S/c1-12(7-10(13)18-2)19(16,17)9-5-3-8(4-6-9)11(14)15/h3-6H,7H2,1-2H3,(H,14,15). The van der Waals surface area contributed by atoms with Crippen LogP contribution in [-0.2, 0) is 19.6 Å². The molecule has 0 atom stereocenters. The molecule has 1 aromatic carbocycles. The third kappa shape index (κ3) is 3.52. The third-order valence-corrected chi connectivity index (χ3v) is 4.21. The summed E-state index contributed by atoms with van der Waals surface area (Å²) in [5.74, 6) is -1.83. The Labute approximate surface area is 110 Å². The molecule has 1 aromatic rings. The van der Waals surface area contributed by atoms with Crippen LogP contribution >= 0.6 is 0 Å². The molecule has 0 aliphatic heterocycles. The van der Waals surface area contributed by atoms with Gasteiger partial charge in [-0.1, -0.05) is 0 Å². The second-order valence-electron chi connectivity index (χ2n) is 3.67. The minimum Gasteiger partial charge on any atom is -0.478 e. The number of rotatable bonds is 5. The molecule has 0 aliphatic carbocycles. The highest BCUT2D eigenvalue weighted by Crippen LogP contribution is 2.15. The van der Waals surface area contributed by atoms with Crippen molar-refractivity contribution in [1.82, 2.24) is 4.31 Å². The second kappa shape index (κ2) is 5.81. The van der Waals surface area contributed by atoms with Crippen molar-refractivity contribution in [1.29, 1.82) is 0 Å². The summed E-state index contributed by atoms with van der Waals surface area (Å²) in [5.41, 5.74) is -0.0189. The van der Waals surface area contributed by atoms with Crippen molar-refractivity contribution >= 4 is 22.0 Å². The second-order valence-corrected chi connectivity index (χ2v) is 5.71. The van der Waals surface area contributed by atoms with Gasteiger partial charge in [0, 0.05) is 7.05 Å². The van der Waals surface area contributed by atoms with Gasteiger partial charge in [-0.15, -0.1) is 0 Å². The fraction of sp³-hybridized carbons (Fsp3) is 0.273. The van der Waals surface area contributed by atoms with Crippen LogP contribution in [0, 0.1) is 0 Å². The summed E-state index contributed by atoms with van der Waals surface area (Å²) in [6.45, 7) is -0.417. The fourth-order valence-electron chi connectivity index (χ4n) is 1.28. The monoisotopic (exact) mass is 287 g/mol. The van der Waals surface area contributed by atoms with E-state index in [1.807, 2.05) is 0 Å². The molecule has 0 unspecified atom stereocenters. The molecular weight excluding hydrogens is 274 g/mol. The number of carbonyl (C=O) groups is 2. The Bertz CT molecular complexity index is 578. The molecule has 0 aliphatic rings. The molecule has 104 valence electrons. The van der Waals surface area contributed by atoms with Gasteiger partial charge in [-0.25, -0.2) is 13.2 Å². The number of aromatic carboxylic acids is 1. The van der Waals surface area contributed by atoms with E-state index < -0.39 is 28.5 Å². The number of esters is 1. The zero-order chi connectivity index (χ0) is 14.6. The lowest BCUT2D eigenvalue weighted by atomic mass is 10.2. The Morgan fingerprint density at radius 1 is 1.26 bits per heavy atom. The largest absolute Gasteiger partial charge is 0.478 e. The first-order valence-electron chi connectivity index (χ1n) is 5.15. The third-order valence-electron chi connectivity index (χ3n) is 2.39. The van der Waals surface area contributed by atoms with Crippen molar-refractivity contribution in [3.8, 4) is 0 Å². The molecule has 19 heavy (non-hydrogen) atoms. The van der Waals surface area contributed by atoms with Gasteiger partial charge in [-0.3, -0.25) is 4.79 Å². The number of methoxy groups -OCH3 is 1. The van der Waals surface area contributed by atoms with Gasteiger partial charge < -0.3 is 9.84 Å².